The third-order valence-corrected chi connectivity index (χ3v) is 4.42. The zero-order chi connectivity index (χ0) is 14.3. The molecule has 0 aromatic rings. The maximum absolute atomic E-state index is 11.6. The lowest BCUT2D eigenvalue weighted by Crippen LogP contribution is -2.44. The molecule has 0 aliphatic heterocycles. The van der Waals surface area contributed by atoms with Crippen molar-refractivity contribution in [1.29, 1.82) is 0 Å². The van der Waals surface area contributed by atoms with E-state index in [0.29, 0.717) is 5.75 Å². The van der Waals surface area contributed by atoms with E-state index in [-0.39, 0.29) is 29.1 Å². The normalized spacial score (nSPS) is 13.4. The first-order chi connectivity index (χ1) is 8.13. The van der Waals surface area contributed by atoms with Crippen LogP contribution in [0.3, 0.4) is 0 Å². The number of nitrogens with one attached hydrogen (secondary N) is 1. The Morgan fingerprint density at radius 3 is 2.22 bits per heavy atom. The van der Waals surface area contributed by atoms with Gasteiger partial charge in [0.15, 0.2) is 5.78 Å². The van der Waals surface area contributed by atoms with Crippen LogP contribution < -0.4 is 5.32 Å². The topological polar surface area (TPSA) is 80.3 Å². The Bertz CT molecular complexity index is 390. The van der Waals surface area contributed by atoms with Gasteiger partial charge in [-0.2, -0.15) is 11.8 Å². The van der Waals surface area contributed by atoms with Crippen LogP contribution in [0.5, 0.6) is 0 Å². The summed E-state index contributed by atoms with van der Waals surface area (Å²) in [5.74, 6) is 0.366. The van der Waals surface area contributed by atoms with Crippen molar-refractivity contribution in [2.75, 3.05) is 23.5 Å². The Balaban J connectivity index is 4.00. The fourth-order valence-corrected chi connectivity index (χ4v) is 3.42. The molecule has 18 heavy (non-hydrogen) atoms. The average molecular weight is 295 g/mol. The van der Waals surface area contributed by atoms with Crippen LogP contribution in [0.4, 0.5) is 0 Å². The highest BCUT2D eigenvalue weighted by Gasteiger charge is 2.20. The lowest BCUT2D eigenvalue weighted by atomic mass is 10.0. The summed E-state index contributed by atoms with van der Waals surface area (Å²) in [5.41, 5.74) is 0. The van der Waals surface area contributed by atoms with Crippen molar-refractivity contribution in [3.05, 3.63) is 0 Å². The largest absolute Gasteiger partial charge is 0.345 e. The van der Waals surface area contributed by atoms with Crippen molar-refractivity contribution < 1.29 is 18.0 Å². The minimum atomic E-state index is -2.98. The van der Waals surface area contributed by atoms with Crippen molar-refractivity contribution in [3.63, 3.8) is 0 Å². The van der Waals surface area contributed by atoms with Gasteiger partial charge in [-0.3, -0.25) is 9.59 Å². The molecule has 0 spiro atoms. The van der Waals surface area contributed by atoms with Gasteiger partial charge in [0, 0.05) is 12.0 Å². The van der Waals surface area contributed by atoms with Crippen LogP contribution in [0.15, 0.2) is 0 Å². The van der Waals surface area contributed by atoms with Gasteiger partial charge < -0.3 is 5.32 Å². The van der Waals surface area contributed by atoms with E-state index in [0.717, 1.165) is 6.26 Å². The van der Waals surface area contributed by atoms with Crippen molar-refractivity contribution in [2.45, 2.75) is 26.8 Å². The minimum absolute atomic E-state index is 0.0486. The number of rotatable bonds is 8. The summed E-state index contributed by atoms with van der Waals surface area (Å²) >= 11 is 1.25. The summed E-state index contributed by atoms with van der Waals surface area (Å²) in [7, 11) is -2.98. The predicted molar refractivity (Wildman–Crippen MR) is 74.5 cm³/mol. The summed E-state index contributed by atoms with van der Waals surface area (Å²) < 4.78 is 21.7. The molecular formula is C11H21NO4S2. The monoisotopic (exact) mass is 295 g/mol. The minimum Gasteiger partial charge on any atom is -0.345 e. The fourth-order valence-electron chi connectivity index (χ4n) is 1.33. The van der Waals surface area contributed by atoms with E-state index in [4.69, 9.17) is 0 Å². The summed E-state index contributed by atoms with van der Waals surface area (Å²) in [6.07, 6.45) is 1.16. The standard InChI is InChI=1S/C11H21NO4S2/c1-8(2)11(9(3)13)12-10(14)7-17-5-6-18(4,15)16/h8,11H,5-7H2,1-4H3,(H,12,14). The molecule has 0 aromatic carbocycles. The second kappa shape index (κ2) is 7.78. The highest BCUT2D eigenvalue weighted by molar-refractivity contribution is 8.01. The summed E-state index contributed by atoms with van der Waals surface area (Å²) in [5, 5.41) is 2.65. The fraction of sp³-hybridized carbons (Fsp3) is 0.818. The third kappa shape index (κ3) is 8.52. The molecule has 0 saturated heterocycles. The average Bonchev–Trinajstić information content (AvgIpc) is 2.18. The van der Waals surface area contributed by atoms with E-state index in [2.05, 4.69) is 5.32 Å². The molecule has 0 fully saturated rings. The zero-order valence-electron chi connectivity index (χ0n) is 11.2. The summed E-state index contributed by atoms with van der Waals surface area (Å²) in [4.78, 5) is 22.8. The van der Waals surface area contributed by atoms with E-state index in [1.54, 1.807) is 0 Å². The van der Waals surface area contributed by atoms with E-state index in [9.17, 15) is 18.0 Å². The van der Waals surface area contributed by atoms with Crippen molar-refractivity contribution >= 4 is 33.3 Å². The maximum Gasteiger partial charge on any atom is 0.230 e. The number of carbonyl (C=O) groups excluding carboxylic acids is 2. The second-order valence-electron chi connectivity index (χ2n) is 4.58. The highest BCUT2D eigenvalue weighted by Crippen LogP contribution is 2.05. The number of thioether (sulfide) groups is 1. The Morgan fingerprint density at radius 2 is 1.83 bits per heavy atom. The number of hydrogen-bond donors (Lipinski definition) is 1. The van der Waals surface area contributed by atoms with Crippen molar-refractivity contribution in [3.8, 4) is 0 Å². The molecule has 0 aliphatic rings. The molecule has 0 radical (unpaired) electrons. The van der Waals surface area contributed by atoms with E-state index in [1.165, 1.54) is 18.7 Å². The van der Waals surface area contributed by atoms with Crippen molar-refractivity contribution in [1.82, 2.24) is 5.32 Å². The number of Topliss-reactive ketones (excluding diaryl/α,β-unsaturated/α-hetero) is 1. The zero-order valence-corrected chi connectivity index (χ0v) is 12.9. The molecule has 1 unspecified atom stereocenters. The Labute approximate surface area is 113 Å². The number of hydrogen-bond acceptors (Lipinski definition) is 5. The molecule has 0 rings (SSSR count). The van der Waals surface area contributed by atoms with Crippen LogP contribution in [-0.2, 0) is 19.4 Å². The second-order valence-corrected chi connectivity index (χ2v) is 7.95. The molecule has 1 atom stereocenters. The molecule has 7 heteroatoms. The first-order valence-corrected chi connectivity index (χ1v) is 8.90. The molecule has 0 aliphatic carbocycles. The molecular weight excluding hydrogens is 274 g/mol. The maximum atomic E-state index is 11.6. The predicted octanol–water partition coefficient (Wildman–Crippen LogP) is 0.494. The van der Waals surface area contributed by atoms with E-state index >= 15 is 0 Å². The Kier molecular flexibility index (Phi) is 7.54. The van der Waals surface area contributed by atoms with Crippen LogP contribution >= 0.6 is 11.8 Å². The highest BCUT2D eigenvalue weighted by atomic mass is 32.2. The molecule has 0 aromatic heterocycles. The van der Waals surface area contributed by atoms with Crippen LogP contribution in [0.25, 0.3) is 0 Å². The van der Waals surface area contributed by atoms with Gasteiger partial charge in [0.2, 0.25) is 5.91 Å². The number of carbonyl (C=O) groups is 2. The van der Waals surface area contributed by atoms with E-state index < -0.39 is 15.9 Å². The van der Waals surface area contributed by atoms with Gasteiger partial charge in [0.1, 0.15) is 9.84 Å². The summed E-state index contributed by atoms with van der Waals surface area (Å²) in [6.45, 7) is 5.17. The van der Waals surface area contributed by atoms with Gasteiger partial charge in [0.25, 0.3) is 0 Å². The third-order valence-electron chi connectivity index (χ3n) is 2.25. The van der Waals surface area contributed by atoms with Gasteiger partial charge in [-0.1, -0.05) is 13.8 Å². The van der Waals surface area contributed by atoms with Crippen LogP contribution in [0.1, 0.15) is 20.8 Å². The quantitative estimate of drug-likeness (QED) is 0.659. The molecule has 5 nitrogen and oxygen atoms in total. The first-order valence-electron chi connectivity index (χ1n) is 5.68. The number of sulfone groups is 1. The molecule has 1 amide bonds. The van der Waals surface area contributed by atoms with Gasteiger partial charge >= 0.3 is 0 Å². The smallest absolute Gasteiger partial charge is 0.230 e. The molecule has 1 N–H and O–H groups in total. The van der Waals surface area contributed by atoms with Crippen LogP contribution in [-0.4, -0.2) is 49.7 Å². The first kappa shape index (κ1) is 17.4. The number of ketones is 1. The molecule has 0 saturated carbocycles. The van der Waals surface area contributed by atoms with Gasteiger partial charge in [-0.05, 0) is 12.8 Å². The van der Waals surface area contributed by atoms with E-state index in [1.807, 2.05) is 13.8 Å². The lowest BCUT2D eigenvalue weighted by molar-refractivity contribution is -0.126. The summed E-state index contributed by atoms with van der Waals surface area (Å²) in [6, 6.07) is -0.465. The molecule has 0 bridgehead atoms. The SMILES string of the molecule is CC(=O)C(NC(=O)CSCCS(C)(=O)=O)C(C)C. The Hall–Kier alpha value is -0.560. The van der Waals surface area contributed by atoms with Gasteiger partial charge in [-0.25, -0.2) is 8.42 Å². The molecule has 106 valence electrons. The van der Waals surface area contributed by atoms with Crippen LogP contribution in [0.2, 0.25) is 0 Å². The van der Waals surface area contributed by atoms with Gasteiger partial charge in [0.05, 0.1) is 17.5 Å². The lowest BCUT2D eigenvalue weighted by Gasteiger charge is -2.19. The molecule has 0 heterocycles. The number of amides is 1. The van der Waals surface area contributed by atoms with Crippen molar-refractivity contribution in [2.24, 2.45) is 5.92 Å². The Morgan fingerprint density at radius 1 is 1.28 bits per heavy atom. The van der Waals surface area contributed by atoms with Crippen LogP contribution in [0, 0.1) is 5.92 Å². The van der Waals surface area contributed by atoms with Gasteiger partial charge in [-0.15, -0.1) is 0 Å².